The number of nitrogens with zero attached hydrogens (tertiary/aromatic N) is 4. The SMILES string of the molecule is C[C@@H](N1CCC(Oc2ccc(Cl)c(Cl)c2)CC1)[C@](O)(Cn1cncn1)c1ccc(F)cc1F. The van der Waals surface area contributed by atoms with Gasteiger partial charge in [0.25, 0.3) is 0 Å². The number of hydrogen-bond donors (Lipinski definition) is 1. The van der Waals surface area contributed by atoms with Gasteiger partial charge in [-0.15, -0.1) is 0 Å². The Balaban J connectivity index is 1.49. The maximum Gasteiger partial charge on any atom is 0.137 e. The summed E-state index contributed by atoms with van der Waals surface area (Å²) in [5.74, 6) is -0.860. The predicted octanol–water partition coefficient (Wildman–Crippen LogP) is 4.68. The van der Waals surface area contributed by atoms with Gasteiger partial charge >= 0.3 is 0 Å². The standard InChI is InChI=1S/C23H24Cl2F2N4O2/c1-15(30-8-6-17(7-9-30)33-18-3-5-20(24)21(25)11-18)23(32,12-31-14-28-13-29-31)19-4-2-16(26)10-22(19)27/h2-5,10-11,13-15,17,32H,6-9,12H2,1H3/t15-,23-/m1/s1. The van der Waals surface area contributed by atoms with Gasteiger partial charge in [0, 0.05) is 36.8 Å². The zero-order chi connectivity index (χ0) is 23.6. The molecule has 176 valence electrons. The molecule has 1 aromatic heterocycles. The molecule has 2 aromatic carbocycles. The Kier molecular flexibility index (Phi) is 7.19. The molecule has 0 radical (unpaired) electrons. The number of rotatable bonds is 7. The highest BCUT2D eigenvalue weighted by molar-refractivity contribution is 6.42. The highest BCUT2D eigenvalue weighted by Crippen LogP contribution is 2.34. The van der Waals surface area contributed by atoms with Crippen molar-refractivity contribution in [3.05, 3.63) is 76.3 Å². The molecule has 1 aliphatic rings. The van der Waals surface area contributed by atoms with Crippen molar-refractivity contribution in [1.82, 2.24) is 19.7 Å². The van der Waals surface area contributed by atoms with Crippen LogP contribution >= 0.6 is 23.2 Å². The average Bonchev–Trinajstić information content (AvgIpc) is 3.29. The van der Waals surface area contributed by atoms with Crippen LogP contribution in [-0.2, 0) is 12.1 Å². The van der Waals surface area contributed by atoms with Gasteiger partial charge in [0.2, 0.25) is 0 Å². The molecule has 1 saturated heterocycles. The minimum Gasteiger partial charge on any atom is -0.490 e. The van der Waals surface area contributed by atoms with Gasteiger partial charge in [0.15, 0.2) is 0 Å². The maximum absolute atomic E-state index is 14.8. The molecule has 10 heteroatoms. The van der Waals surface area contributed by atoms with Crippen molar-refractivity contribution in [2.24, 2.45) is 0 Å². The Hall–Kier alpha value is -2.26. The van der Waals surface area contributed by atoms with E-state index in [0.717, 1.165) is 12.1 Å². The fourth-order valence-electron chi connectivity index (χ4n) is 4.27. The number of aromatic nitrogens is 3. The van der Waals surface area contributed by atoms with Crippen molar-refractivity contribution in [3.63, 3.8) is 0 Å². The Morgan fingerprint density at radius 2 is 1.91 bits per heavy atom. The summed E-state index contributed by atoms with van der Waals surface area (Å²) >= 11 is 12.0. The first-order valence-electron chi connectivity index (χ1n) is 10.6. The van der Waals surface area contributed by atoms with Crippen LogP contribution in [0.3, 0.4) is 0 Å². The number of hydrogen-bond acceptors (Lipinski definition) is 5. The summed E-state index contributed by atoms with van der Waals surface area (Å²) in [6, 6.07) is 7.88. The summed E-state index contributed by atoms with van der Waals surface area (Å²) in [5.41, 5.74) is -1.65. The smallest absolute Gasteiger partial charge is 0.137 e. The quantitative estimate of drug-likeness (QED) is 0.514. The van der Waals surface area contributed by atoms with E-state index in [0.29, 0.717) is 41.7 Å². The van der Waals surface area contributed by atoms with Crippen LogP contribution in [0, 0.1) is 11.6 Å². The molecule has 3 aromatic rings. The van der Waals surface area contributed by atoms with E-state index >= 15 is 0 Å². The van der Waals surface area contributed by atoms with Crippen LogP contribution in [0.25, 0.3) is 0 Å². The van der Waals surface area contributed by atoms with Crippen LogP contribution in [0.1, 0.15) is 25.3 Å². The third-order valence-electron chi connectivity index (χ3n) is 6.18. The highest BCUT2D eigenvalue weighted by Gasteiger charge is 2.43. The first-order chi connectivity index (χ1) is 15.8. The Labute approximate surface area is 200 Å². The van der Waals surface area contributed by atoms with E-state index in [9.17, 15) is 13.9 Å². The van der Waals surface area contributed by atoms with Crippen molar-refractivity contribution >= 4 is 23.2 Å². The topological polar surface area (TPSA) is 63.4 Å². The van der Waals surface area contributed by atoms with E-state index < -0.39 is 23.3 Å². The zero-order valence-electron chi connectivity index (χ0n) is 18.0. The Morgan fingerprint density at radius 1 is 1.15 bits per heavy atom. The number of likely N-dealkylation sites (tertiary alicyclic amines) is 1. The number of halogens is 4. The van der Waals surface area contributed by atoms with Crippen molar-refractivity contribution < 1.29 is 18.6 Å². The number of aliphatic hydroxyl groups is 1. The summed E-state index contributed by atoms with van der Waals surface area (Å²) in [6.45, 7) is 3.04. The van der Waals surface area contributed by atoms with Crippen LogP contribution in [0.5, 0.6) is 5.75 Å². The first kappa shape index (κ1) is 23.9. The molecule has 6 nitrogen and oxygen atoms in total. The minimum atomic E-state index is -1.66. The maximum atomic E-state index is 14.8. The summed E-state index contributed by atoms with van der Waals surface area (Å²) in [4.78, 5) is 5.99. The molecule has 1 fully saturated rings. The predicted molar refractivity (Wildman–Crippen MR) is 121 cm³/mol. The lowest BCUT2D eigenvalue weighted by Gasteiger charge is -2.44. The van der Waals surface area contributed by atoms with E-state index in [4.69, 9.17) is 27.9 Å². The normalized spacial score (nSPS) is 18.1. The number of piperidine rings is 1. The number of ether oxygens (including phenoxy) is 1. The molecule has 0 aliphatic carbocycles. The van der Waals surface area contributed by atoms with E-state index in [2.05, 4.69) is 15.0 Å². The van der Waals surface area contributed by atoms with Gasteiger partial charge in [-0.1, -0.05) is 29.3 Å². The van der Waals surface area contributed by atoms with Gasteiger partial charge in [0.05, 0.1) is 16.6 Å². The molecule has 0 spiro atoms. The van der Waals surface area contributed by atoms with Crippen molar-refractivity contribution in [2.75, 3.05) is 13.1 Å². The molecule has 2 atom stereocenters. The molecule has 0 bridgehead atoms. The minimum absolute atomic E-state index is 0.0149. The highest BCUT2D eigenvalue weighted by atomic mass is 35.5. The molecular weight excluding hydrogens is 473 g/mol. The van der Waals surface area contributed by atoms with Crippen LogP contribution in [0.15, 0.2) is 49.1 Å². The monoisotopic (exact) mass is 496 g/mol. The molecule has 0 amide bonds. The summed E-state index contributed by atoms with van der Waals surface area (Å²) in [7, 11) is 0. The fraction of sp³-hybridized carbons (Fsp3) is 0.391. The molecule has 1 aliphatic heterocycles. The summed E-state index contributed by atoms with van der Waals surface area (Å²) < 4.78 is 35.8. The van der Waals surface area contributed by atoms with Gasteiger partial charge < -0.3 is 9.84 Å². The van der Waals surface area contributed by atoms with Gasteiger partial charge in [-0.25, -0.2) is 18.4 Å². The number of benzene rings is 2. The van der Waals surface area contributed by atoms with Crippen molar-refractivity contribution in [2.45, 2.75) is 44.1 Å². The second-order valence-corrected chi connectivity index (χ2v) is 9.06. The third kappa shape index (κ3) is 5.30. The largest absolute Gasteiger partial charge is 0.490 e. The molecule has 0 saturated carbocycles. The van der Waals surface area contributed by atoms with Gasteiger partial charge in [-0.3, -0.25) is 4.90 Å². The second kappa shape index (κ2) is 9.93. The first-order valence-corrected chi connectivity index (χ1v) is 11.4. The lowest BCUT2D eigenvalue weighted by molar-refractivity contribution is -0.0747. The summed E-state index contributed by atoms with van der Waals surface area (Å²) in [6.07, 6.45) is 4.18. The van der Waals surface area contributed by atoms with E-state index in [1.165, 1.54) is 23.4 Å². The van der Waals surface area contributed by atoms with E-state index in [-0.39, 0.29) is 18.2 Å². The second-order valence-electron chi connectivity index (χ2n) is 8.25. The molecule has 4 rings (SSSR count). The lowest BCUT2D eigenvalue weighted by atomic mass is 9.84. The van der Waals surface area contributed by atoms with Crippen LogP contribution in [-0.4, -0.2) is 50.0 Å². The van der Waals surface area contributed by atoms with Crippen molar-refractivity contribution in [1.29, 1.82) is 0 Å². The van der Waals surface area contributed by atoms with Gasteiger partial charge in [-0.2, -0.15) is 5.10 Å². The van der Waals surface area contributed by atoms with Crippen LogP contribution in [0.4, 0.5) is 8.78 Å². The molecule has 0 unspecified atom stereocenters. The van der Waals surface area contributed by atoms with E-state index in [1.807, 2.05) is 6.92 Å². The van der Waals surface area contributed by atoms with Gasteiger partial charge in [-0.05, 0) is 38.0 Å². The third-order valence-corrected chi connectivity index (χ3v) is 6.92. The molecule has 33 heavy (non-hydrogen) atoms. The van der Waals surface area contributed by atoms with E-state index in [1.54, 1.807) is 18.2 Å². The Bertz CT molecular complexity index is 1090. The molecular formula is C23H24Cl2F2N4O2. The van der Waals surface area contributed by atoms with Gasteiger partial charge in [0.1, 0.15) is 41.7 Å². The average molecular weight is 497 g/mol. The lowest BCUT2D eigenvalue weighted by Crippen LogP contribution is -2.54. The van der Waals surface area contributed by atoms with Crippen LogP contribution < -0.4 is 4.74 Å². The molecule has 2 heterocycles. The molecule has 1 N–H and O–H groups in total. The Morgan fingerprint density at radius 3 is 2.55 bits per heavy atom. The zero-order valence-corrected chi connectivity index (χ0v) is 19.5. The fourth-order valence-corrected chi connectivity index (χ4v) is 4.56. The van der Waals surface area contributed by atoms with Crippen molar-refractivity contribution in [3.8, 4) is 5.75 Å². The van der Waals surface area contributed by atoms with Crippen LogP contribution in [0.2, 0.25) is 10.0 Å². The summed E-state index contributed by atoms with van der Waals surface area (Å²) in [5, 5.41) is 16.7.